The van der Waals surface area contributed by atoms with Gasteiger partial charge in [-0.05, 0) is 41.5 Å². The van der Waals surface area contributed by atoms with Gasteiger partial charge in [-0.3, -0.25) is 4.90 Å². The minimum atomic E-state index is 0.901. The summed E-state index contributed by atoms with van der Waals surface area (Å²) in [5.74, 6) is 6.37. The van der Waals surface area contributed by atoms with Crippen LogP contribution >= 0.6 is 11.3 Å². The number of thiophene rings is 1. The Hall–Kier alpha value is -1.30. The van der Waals surface area contributed by atoms with E-state index in [1.165, 1.54) is 29.7 Å². The summed E-state index contributed by atoms with van der Waals surface area (Å²) in [6.45, 7) is 5.58. The zero-order valence-electron chi connectivity index (χ0n) is 11.4. The number of fused-ring (bicyclic) bond motifs is 1. The topological polar surface area (TPSA) is 3.24 Å². The summed E-state index contributed by atoms with van der Waals surface area (Å²) in [5, 5.41) is 2.23. The van der Waals surface area contributed by atoms with Gasteiger partial charge in [-0.2, -0.15) is 0 Å². The lowest BCUT2D eigenvalue weighted by atomic mass is 10.0. The highest BCUT2D eigenvalue weighted by atomic mass is 32.1. The van der Waals surface area contributed by atoms with Crippen LogP contribution in [0.5, 0.6) is 0 Å². The van der Waals surface area contributed by atoms with Gasteiger partial charge in [0.05, 0.1) is 0 Å². The summed E-state index contributed by atoms with van der Waals surface area (Å²) < 4.78 is 0. The molecule has 1 aromatic rings. The predicted octanol–water partition coefficient (Wildman–Crippen LogP) is 3.78. The molecule has 0 amide bonds. The number of allylic oxidation sites excluding steroid dienone is 2. The maximum absolute atomic E-state index is 3.20. The van der Waals surface area contributed by atoms with Crippen molar-refractivity contribution in [2.75, 3.05) is 13.1 Å². The van der Waals surface area contributed by atoms with Crippen LogP contribution in [-0.4, -0.2) is 18.0 Å². The largest absolute Gasteiger partial charge is 0.294 e. The summed E-state index contributed by atoms with van der Waals surface area (Å²) in [7, 11) is 0. The van der Waals surface area contributed by atoms with E-state index in [0.717, 1.165) is 25.9 Å². The second-order valence-electron chi connectivity index (χ2n) is 5.21. The third kappa shape index (κ3) is 3.00. The van der Waals surface area contributed by atoms with Crippen molar-refractivity contribution >= 4 is 11.3 Å². The second kappa shape index (κ2) is 5.77. The van der Waals surface area contributed by atoms with Crippen molar-refractivity contribution in [1.82, 2.24) is 4.90 Å². The molecule has 0 spiro atoms. The Labute approximate surface area is 119 Å². The average Bonchev–Trinajstić information content (AvgIpc) is 2.86. The fourth-order valence-electron chi connectivity index (χ4n) is 2.69. The van der Waals surface area contributed by atoms with Gasteiger partial charge in [0, 0.05) is 37.4 Å². The molecule has 2 heteroatoms. The van der Waals surface area contributed by atoms with Gasteiger partial charge in [0.1, 0.15) is 0 Å². The molecule has 0 radical (unpaired) electrons. The summed E-state index contributed by atoms with van der Waals surface area (Å²) in [6.07, 6.45) is 7.58. The van der Waals surface area contributed by atoms with Crippen LogP contribution in [-0.2, 0) is 13.0 Å². The van der Waals surface area contributed by atoms with E-state index in [-0.39, 0.29) is 0 Å². The van der Waals surface area contributed by atoms with Crippen LogP contribution in [0.1, 0.15) is 30.2 Å². The predicted molar refractivity (Wildman–Crippen MR) is 82.2 cm³/mol. The smallest absolute Gasteiger partial charge is 0.0276 e. The molecule has 0 N–H and O–H groups in total. The second-order valence-corrected chi connectivity index (χ2v) is 6.21. The molecule has 1 aliphatic heterocycles. The van der Waals surface area contributed by atoms with E-state index in [1.807, 2.05) is 11.3 Å². The monoisotopic (exact) mass is 269 g/mol. The van der Waals surface area contributed by atoms with Crippen LogP contribution in [0.25, 0.3) is 0 Å². The van der Waals surface area contributed by atoms with Crippen LogP contribution in [0.2, 0.25) is 0 Å². The highest BCUT2D eigenvalue weighted by molar-refractivity contribution is 7.10. The number of hydrogen-bond donors (Lipinski definition) is 0. The molecule has 0 saturated heterocycles. The van der Waals surface area contributed by atoms with Crippen LogP contribution in [0.15, 0.2) is 34.7 Å². The van der Waals surface area contributed by atoms with E-state index < -0.39 is 0 Å². The molecule has 98 valence electrons. The minimum Gasteiger partial charge on any atom is -0.294 e. The molecule has 1 nitrogen and oxygen atoms in total. The van der Waals surface area contributed by atoms with Crippen LogP contribution < -0.4 is 0 Å². The number of rotatable bonds is 2. The molecule has 0 atom stereocenters. The van der Waals surface area contributed by atoms with Gasteiger partial charge in [-0.25, -0.2) is 0 Å². The van der Waals surface area contributed by atoms with Gasteiger partial charge >= 0.3 is 0 Å². The fraction of sp³-hybridized carbons (Fsp3) is 0.412. The first kappa shape index (κ1) is 12.7. The van der Waals surface area contributed by atoms with Crippen molar-refractivity contribution in [3.63, 3.8) is 0 Å². The molecule has 2 heterocycles. The zero-order valence-corrected chi connectivity index (χ0v) is 12.2. The van der Waals surface area contributed by atoms with Gasteiger partial charge in [0.25, 0.3) is 0 Å². The van der Waals surface area contributed by atoms with Gasteiger partial charge in [-0.1, -0.05) is 24.0 Å². The molecule has 1 aromatic heterocycles. The molecule has 0 bridgehead atoms. The molecular weight excluding hydrogens is 250 g/mol. The van der Waals surface area contributed by atoms with Crippen LogP contribution in [0, 0.1) is 11.8 Å². The zero-order chi connectivity index (χ0) is 13.1. The van der Waals surface area contributed by atoms with Gasteiger partial charge < -0.3 is 0 Å². The molecule has 0 fully saturated rings. The lowest BCUT2D eigenvalue weighted by Gasteiger charge is -2.28. The van der Waals surface area contributed by atoms with Crippen molar-refractivity contribution < 1.29 is 0 Å². The molecular formula is C17H19NS. The first-order chi connectivity index (χ1) is 9.33. The van der Waals surface area contributed by atoms with E-state index in [4.69, 9.17) is 0 Å². The first-order valence-electron chi connectivity index (χ1n) is 6.92. The Morgan fingerprint density at radius 3 is 3.00 bits per heavy atom. The fourth-order valence-corrected chi connectivity index (χ4v) is 3.58. The summed E-state index contributed by atoms with van der Waals surface area (Å²) in [6, 6.07) is 2.28. The van der Waals surface area contributed by atoms with Crippen molar-refractivity contribution in [3.05, 3.63) is 45.2 Å². The molecule has 0 unspecified atom stereocenters. The van der Waals surface area contributed by atoms with Crippen molar-refractivity contribution in [2.45, 2.75) is 32.7 Å². The SMILES string of the molecule is CC1=C/CC#CC/C=C\1CN1CCc2sccc2C1. The third-order valence-corrected chi connectivity index (χ3v) is 4.90. The highest BCUT2D eigenvalue weighted by Crippen LogP contribution is 2.25. The van der Waals surface area contributed by atoms with Crippen molar-refractivity contribution in [2.24, 2.45) is 0 Å². The molecule has 3 rings (SSSR count). The van der Waals surface area contributed by atoms with E-state index in [1.54, 1.807) is 4.88 Å². The Bertz CT molecular complexity index is 580. The maximum Gasteiger partial charge on any atom is 0.0276 e. The average molecular weight is 269 g/mol. The van der Waals surface area contributed by atoms with Gasteiger partial charge in [-0.15, -0.1) is 11.3 Å². The van der Waals surface area contributed by atoms with E-state index >= 15 is 0 Å². The van der Waals surface area contributed by atoms with Gasteiger partial charge in [0.2, 0.25) is 0 Å². The Morgan fingerprint density at radius 2 is 2.11 bits per heavy atom. The lowest BCUT2D eigenvalue weighted by Crippen LogP contribution is -2.31. The van der Waals surface area contributed by atoms with Gasteiger partial charge in [0.15, 0.2) is 0 Å². The quantitative estimate of drug-likeness (QED) is 0.739. The Kier molecular flexibility index (Phi) is 3.87. The van der Waals surface area contributed by atoms with E-state index in [9.17, 15) is 0 Å². The van der Waals surface area contributed by atoms with Crippen LogP contribution in [0.3, 0.4) is 0 Å². The normalized spacial score (nSPS) is 24.9. The summed E-state index contributed by atoms with van der Waals surface area (Å²) in [4.78, 5) is 4.15. The minimum absolute atomic E-state index is 0.901. The van der Waals surface area contributed by atoms with E-state index in [0.29, 0.717) is 0 Å². The summed E-state index contributed by atoms with van der Waals surface area (Å²) >= 11 is 1.91. The Morgan fingerprint density at radius 1 is 1.26 bits per heavy atom. The third-order valence-electron chi connectivity index (χ3n) is 3.87. The first-order valence-corrected chi connectivity index (χ1v) is 7.80. The number of nitrogens with zero attached hydrogens (tertiary/aromatic N) is 1. The molecule has 2 aliphatic rings. The van der Waals surface area contributed by atoms with Crippen molar-refractivity contribution in [1.29, 1.82) is 0 Å². The van der Waals surface area contributed by atoms with Crippen molar-refractivity contribution in [3.8, 4) is 11.8 Å². The van der Waals surface area contributed by atoms with Crippen LogP contribution in [0.4, 0.5) is 0 Å². The number of hydrogen-bond acceptors (Lipinski definition) is 2. The lowest BCUT2D eigenvalue weighted by molar-refractivity contribution is 0.279. The summed E-state index contributed by atoms with van der Waals surface area (Å²) in [5.41, 5.74) is 4.40. The highest BCUT2D eigenvalue weighted by Gasteiger charge is 2.18. The van der Waals surface area contributed by atoms with E-state index in [2.05, 4.69) is 47.3 Å². The molecule has 19 heavy (non-hydrogen) atoms. The molecule has 1 aliphatic carbocycles. The molecule has 0 aromatic carbocycles. The molecule has 0 saturated carbocycles. The standard InChI is InChI=1S/C17H19NS/c1-14-6-4-2-3-5-7-15(14)12-18-10-8-17-16(13-18)9-11-19-17/h6-7,9,11H,4-5,8,10,12-13H2,1H3/b14-6-,15-7-. The Balaban J connectivity index is 1.71. The maximum atomic E-state index is 3.20.